The number of anilines is 4. The van der Waals surface area contributed by atoms with Crippen LogP contribution in [0.25, 0.3) is 11.1 Å². The van der Waals surface area contributed by atoms with Crippen molar-refractivity contribution >= 4 is 45.6 Å². The number of hydrogen-bond acceptors (Lipinski definition) is 5. The second-order valence-electron chi connectivity index (χ2n) is 16.0. The molecule has 0 radical (unpaired) electrons. The number of ether oxygens (including phenoxy) is 1. The molecule has 0 saturated heterocycles. The molecule has 0 aliphatic heterocycles. The minimum Gasteiger partial charge on any atom is -0.463 e. The van der Waals surface area contributed by atoms with Gasteiger partial charge in [-0.05, 0) is 142 Å². The van der Waals surface area contributed by atoms with Gasteiger partial charge in [0.25, 0.3) is 0 Å². The standard InChI is InChI=1S/C51H57N3O2/c1-12-51(8,9)50(55)56-28-27-52-46-26-25-45(43-15-13-14-16-44(43)46)47(39-17-21-41(22-18-39)53(10)48-35(4)29-33(2)30-36(48)5)40-19-23-42(24-20-40)54(11)49-37(6)31-34(3)32-38(49)7/h13-26,29-32H,12,27-28H2,1-11H3. The Kier molecular flexibility index (Phi) is 11.8. The summed E-state index contributed by atoms with van der Waals surface area (Å²) in [6.45, 7) is 19.6. The predicted molar refractivity (Wildman–Crippen MR) is 238 cm³/mol. The van der Waals surface area contributed by atoms with E-state index in [4.69, 9.17) is 9.73 Å². The van der Waals surface area contributed by atoms with Crippen molar-refractivity contribution in [2.24, 2.45) is 10.4 Å². The highest BCUT2D eigenvalue weighted by Gasteiger charge is 2.27. The van der Waals surface area contributed by atoms with E-state index in [9.17, 15) is 4.79 Å². The number of aryl methyl sites for hydroxylation is 6. The molecule has 1 aliphatic rings. The van der Waals surface area contributed by atoms with Crippen LogP contribution in [0.3, 0.4) is 0 Å². The molecule has 0 saturated carbocycles. The monoisotopic (exact) mass is 743 g/mol. The van der Waals surface area contributed by atoms with Gasteiger partial charge in [0.15, 0.2) is 0 Å². The zero-order valence-electron chi connectivity index (χ0n) is 35.2. The molecule has 0 N–H and O–H groups in total. The lowest BCUT2D eigenvalue weighted by atomic mass is 9.83. The second-order valence-corrected chi connectivity index (χ2v) is 16.0. The Morgan fingerprint density at radius 3 is 1.54 bits per heavy atom. The van der Waals surface area contributed by atoms with Gasteiger partial charge in [0.1, 0.15) is 6.61 Å². The maximum Gasteiger partial charge on any atom is 0.311 e. The van der Waals surface area contributed by atoms with Crippen molar-refractivity contribution in [3.05, 3.63) is 165 Å². The van der Waals surface area contributed by atoms with E-state index < -0.39 is 5.41 Å². The summed E-state index contributed by atoms with van der Waals surface area (Å²) in [4.78, 5) is 22.1. The summed E-state index contributed by atoms with van der Waals surface area (Å²) in [7, 11) is 4.30. The zero-order chi connectivity index (χ0) is 40.3. The summed E-state index contributed by atoms with van der Waals surface area (Å²) < 4.78 is 5.61. The summed E-state index contributed by atoms with van der Waals surface area (Å²) >= 11 is 0. The highest BCUT2D eigenvalue weighted by atomic mass is 16.5. The van der Waals surface area contributed by atoms with Gasteiger partial charge < -0.3 is 14.5 Å². The summed E-state index contributed by atoms with van der Waals surface area (Å²) in [6.07, 6.45) is 5.03. The first-order chi connectivity index (χ1) is 26.7. The Balaban J connectivity index is 1.41. The quantitative estimate of drug-likeness (QED) is 0.0998. The molecule has 0 atom stereocenters. The molecular weight excluding hydrogens is 687 g/mol. The second kappa shape index (κ2) is 16.6. The van der Waals surface area contributed by atoms with Crippen LogP contribution >= 0.6 is 0 Å². The Bertz CT molecular complexity index is 2190. The van der Waals surface area contributed by atoms with Gasteiger partial charge in [-0.2, -0.15) is 0 Å². The Morgan fingerprint density at radius 1 is 0.643 bits per heavy atom. The van der Waals surface area contributed by atoms with E-state index in [2.05, 4.69) is 175 Å². The number of allylic oxidation sites excluding steroid dienone is 3. The first-order valence-electron chi connectivity index (χ1n) is 19.8. The van der Waals surface area contributed by atoms with Crippen LogP contribution in [-0.4, -0.2) is 38.9 Å². The van der Waals surface area contributed by atoms with Crippen LogP contribution in [0, 0.1) is 47.0 Å². The Labute approximate surface area is 335 Å². The molecule has 288 valence electrons. The number of esters is 1. The molecule has 6 rings (SSSR count). The van der Waals surface area contributed by atoms with Crippen LogP contribution in [0.4, 0.5) is 22.7 Å². The largest absolute Gasteiger partial charge is 0.463 e. The van der Waals surface area contributed by atoms with Crippen LogP contribution in [-0.2, 0) is 9.53 Å². The topological polar surface area (TPSA) is 45.1 Å². The van der Waals surface area contributed by atoms with Crippen LogP contribution < -0.4 is 9.80 Å². The van der Waals surface area contributed by atoms with Gasteiger partial charge in [0.2, 0.25) is 0 Å². The molecule has 0 amide bonds. The Morgan fingerprint density at radius 2 is 1.09 bits per heavy atom. The van der Waals surface area contributed by atoms with Gasteiger partial charge in [0, 0.05) is 42.4 Å². The molecule has 0 heterocycles. The van der Waals surface area contributed by atoms with Gasteiger partial charge in [0.05, 0.1) is 17.7 Å². The molecule has 0 fully saturated rings. The predicted octanol–water partition coefficient (Wildman–Crippen LogP) is 12.4. The van der Waals surface area contributed by atoms with E-state index in [1.807, 2.05) is 20.8 Å². The number of carbonyl (C=O) groups is 1. The van der Waals surface area contributed by atoms with E-state index in [0.717, 1.165) is 56.9 Å². The van der Waals surface area contributed by atoms with Crippen LogP contribution in [0.5, 0.6) is 0 Å². The maximum absolute atomic E-state index is 12.6. The van der Waals surface area contributed by atoms with Crippen LogP contribution in [0.1, 0.15) is 82.8 Å². The zero-order valence-corrected chi connectivity index (χ0v) is 35.2. The molecule has 0 unspecified atom stereocenters. The first-order valence-corrected chi connectivity index (χ1v) is 19.8. The van der Waals surface area contributed by atoms with Crippen molar-refractivity contribution in [1.29, 1.82) is 0 Å². The van der Waals surface area contributed by atoms with Crippen molar-refractivity contribution in [3.63, 3.8) is 0 Å². The smallest absolute Gasteiger partial charge is 0.311 e. The third-order valence-corrected chi connectivity index (χ3v) is 11.2. The molecule has 0 bridgehead atoms. The number of aliphatic imine (C=N–C) groups is 1. The lowest BCUT2D eigenvalue weighted by Crippen LogP contribution is -2.26. The van der Waals surface area contributed by atoms with Gasteiger partial charge in [-0.1, -0.05) is 96.9 Å². The molecule has 5 aromatic carbocycles. The average molecular weight is 744 g/mol. The number of nitrogens with zero attached hydrogens (tertiary/aromatic N) is 3. The van der Waals surface area contributed by atoms with Crippen molar-refractivity contribution < 1.29 is 9.53 Å². The minimum absolute atomic E-state index is 0.183. The lowest BCUT2D eigenvalue weighted by molar-refractivity contribution is -0.153. The number of hydrogen-bond donors (Lipinski definition) is 0. The number of carbonyl (C=O) groups excluding carboxylic acids is 1. The Hall–Kier alpha value is -5.68. The molecule has 5 aromatic rings. The van der Waals surface area contributed by atoms with Crippen molar-refractivity contribution in [2.45, 2.75) is 68.7 Å². The van der Waals surface area contributed by atoms with Gasteiger partial charge in [-0.15, -0.1) is 0 Å². The van der Waals surface area contributed by atoms with Gasteiger partial charge in [-0.25, -0.2) is 0 Å². The molecule has 5 nitrogen and oxygen atoms in total. The van der Waals surface area contributed by atoms with Crippen molar-refractivity contribution in [3.8, 4) is 0 Å². The SMILES string of the molecule is CCC(C)(C)C(=O)OCCN=C1C=CC(=C(c2ccc(N(C)c3c(C)cc(C)cc3C)cc2)c2ccc(N(C)c3c(C)cc(C)cc3C)cc2)c2ccccc21. The maximum atomic E-state index is 12.6. The van der Waals surface area contributed by atoms with Gasteiger partial charge >= 0.3 is 5.97 Å². The van der Waals surface area contributed by atoms with Crippen molar-refractivity contribution in [1.82, 2.24) is 0 Å². The molecule has 0 aromatic heterocycles. The number of benzene rings is 5. The lowest BCUT2D eigenvalue weighted by Gasteiger charge is -2.26. The highest BCUT2D eigenvalue weighted by Crippen LogP contribution is 2.40. The van der Waals surface area contributed by atoms with Crippen LogP contribution in [0.2, 0.25) is 0 Å². The fraction of sp³-hybridized carbons (Fsp3) is 0.294. The molecule has 5 heteroatoms. The fourth-order valence-electron chi connectivity index (χ4n) is 8.13. The third-order valence-electron chi connectivity index (χ3n) is 11.2. The van der Waals surface area contributed by atoms with Crippen LogP contribution in [0.15, 0.2) is 114 Å². The highest BCUT2D eigenvalue weighted by molar-refractivity contribution is 6.19. The summed E-state index contributed by atoms with van der Waals surface area (Å²) in [5.41, 5.74) is 19.5. The normalized spacial score (nSPS) is 13.1. The molecule has 56 heavy (non-hydrogen) atoms. The van der Waals surface area contributed by atoms with E-state index in [1.165, 1.54) is 44.8 Å². The van der Waals surface area contributed by atoms with E-state index in [-0.39, 0.29) is 12.6 Å². The number of fused-ring (bicyclic) bond motifs is 1. The average Bonchev–Trinajstić information content (AvgIpc) is 3.16. The molecule has 0 spiro atoms. The minimum atomic E-state index is -0.501. The van der Waals surface area contributed by atoms with E-state index >= 15 is 0 Å². The third kappa shape index (κ3) is 8.28. The van der Waals surface area contributed by atoms with Gasteiger partial charge in [-0.3, -0.25) is 9.79 Å². The summed E-state index contributed by atoms with van der Waals surface area (Å²) in [5, 5.41) is 0. The molecular formula is C51H57N3O2. The summed E-state index contributed by atoms with van der Waals surface area (Å²) in [6, 6.07) is 35.4. The fourth-order valence-corrected chi connectivity index (χ4v) is 8.13. The number of rotatable bonds is 11. The van der Waals surface area contributed by atoms with Crippen molar-refractivity contribution in [2.75, 3.05) is 37.0 Å². The van der Waals surface area contributed by atoms with E-state index in [0.29, 0.717) is 6.54 Å². The summed E-state index contributed by atoms with van der Waals surface area (Å²) in [5.74, 6) is -0.183. The van der Waals surface area contributed by atoms with E-state index in [1.54, 1.807) is 0 Å². The first kappa shape index (κ1) is 40.0. The molecule has 1 aliphatic carbocycles.